The Morgan fingerprint density at radius 3 is 2.50 bits per heavy atom. The number of rotatable bonds is 4. The van der Waals surface area contributed by atoms with Gasteiger partial charge in [0.1, 0.15) is 0 Å². The van der Waals surface area contributed by atoms with Gasteiger partial charge in [-0.1, -0.05) is 0 Å². The quantitative estimate of drug-likeness (QED) is 0.512. The smallest absolute Gasteiger partial charge is 0.336 e. The van der Waals surface area contributed by atoms with Gasteiger partial charge in [-0.05, 0) is 0 Å². The van der Waals surface area contributed by atoms with Gasteiger partial charge in [0.05, 0.1) is 13.4 Å². The molecule has 6 nitrogen and oxygen atoms in total. The number of ether oxygens (including phenoxy) is 1. The minimum atomic E-state index is -3.38. The Balaban J connectivity index is 3.88. The standard InChI is InChI=1S/C5H11NO5S/c1-11-5(8)4(7)3-6-12(2,9)10/h4,6-7H,3H2,1-2H3. The van der Waals surface area contributed by atoms with Gasteiger partial charge in [0.15, 0.2) is 6.10 Å². The van der Waals surface area contributed by atoms with Gasteiger partial charge in [0.2, 0.25) is 10.0 Å². The van der Waals surface area contributed by atoms with E-state index in [1.165, 1.54) is 0 Å². The maximum atomic E-state index is 10.5. The molecule has 7 heteroatoms. The average Bonchev–Trinajstić information content (AvgIpc) is 1.97. The third-order valence-electron chi connectivity index (χ3n) is 1.01. The maximum absolute atomic E-state index is 10.5. The second-order valence-corrected chi connectivity index (χ2v) is 3.99. The van der Waals surface area contributed by atoms with Gasteiger partial charge < -0.3 is 9.84 Å². The van der Waals surface area contributed by atoms with E-state index in [1.807, 2.05) is 4.72 Å². The third kappa shape index (κ3) is 5.05. The van der Waals surface area contributed by atoms with Gasteiger partial charge in [0, 0.05) is 6.54 Å². The van der Waals surface area contributed by atoms with E-state index in [0.29, 0.717) is 0 Å². The number of methoxy groups -OCH3 is 1. The van der Waals surface area contributed by atoms with Crippen LogP contribution in [0, 0.1) is 0 Å². The van der Waals surface area contributed by atoms with E-state index in [0.717, 1.165) is 13.4 Å². The highest BCUT2D eigenvalue weighted by Crippen LogP contribution is 1.85. The first kappa shape index (κ1) is 11.3. The number of nitrogens with one attached hydrogen (secondary N) is 1. The Hall–Kier alpha value is -0.660. The van der Waals surface area contributed by atoms with Crippen molar-refractivity contribution in [1.82, 2.24) is 4.72 Å². The molecular formula is C5H11NO5S. The van der Waals surface area contributed by atoms with Crippen molar-refractivity contribution >= 4 is 16.0 Å². The van der Waals surface area contributed by atoms with E-state index in [9.17, 15) is 13.2 Å². The summed E-state index contributed by atoms with van der Waals surface area (Å²) in [5.41, 5.74) is 0. The summed E-state index contributed by atoms with van der Waals surface area (Å²) in [5.74, 6) is -0.869. The summed E-state index contributed by atoms with van der Waals surface area (Å²) in [6, 6.07) is 0. The van der Waals surface area contributed by atoms with Crippen molar-refractivity contribution in [3.63, 3.8) is 0 Å². The normalized spacial score (nSPS) is 13.9. The molecule has 0 fully saturated rings. The first-order valence-corrected chi connectivity index (χ1v) is 4.96. The van der Waals surface area contributed by atoms with Gasteiger partial charge in [0.25, 0.3) is 0 Å². The monoisotopic (exact) mass is 197 g/mol. The van der Waals surface area contributed by atoms with E-state index >= 15 is 0 Å². The largest absolute Gasteiger partial charge is 0.467 e. The summed E-state index contributed by atoms with van der Waals surface area (Å²) in [5, 5.41) is 8.88. The van der Waals surface area contributed by atoms with Crippen molar-refractivity contribution in [2.24, 2.45) is 0 Å². The molecule has 0 aromatic carbocycles. The molecule has 0 heterocycles. The summed E-state index contributed by atoms with van der Waals surface area (Å²) in [7, 11) is -2.28. The van der Waals surface area contributed by atoms with E-state index in [4.69, 9.17) is 5.11 Å². The lowest BCUT2D eigenvalue weighted by molar-refractivity contribution is -0.149. The fraction of sp³-hybridized carbons (Fsp3) is 0.800. The second kappa shape index (κ2) is 4.39. The van der Waals surface area contributed by atoms with Crippen molar-refractivity contribution in [2.75, 3.05) is 19.9 Å². The number of hydrogen-bond acceptors (Lipinski definition) is 5. The Labute approximate surface area is 70.6 Å². The van der Waals surface area contributed by atoms with Crippen molar-refractivity contribution < 1.29 is 23.1 Å². The lowest BCUT2D eigenvalue weighted by atomic mass is 10.4. The zero-order chi connectivity index (χ0) is 9.78. The Morgan fingerprint density at radius 2 is 2.17 bits per heavy atom. The first-order valence-electron chi connectivity index (χ1n) is 3.07. The highest BCUT2D eigenvalue weighted by molar-refractivity contribution is 7.88. The molecule has 12 heavy (non-hydrogen) atoms. The number of carbonyl (C=O) groups is 1. The molecule has 72 valence electrons. The van der Waals surface area contributed by atoms with Crippen molar-refractivity contribution in [2.45, 2.75) is 6.10 Å². The van der Waals surface area contributed by atoms with E-state index < -0.39 is 22.1 Å². The molecule has 0 bridgehead atoms. The predicted octanol–water partition coefficient (Wildman–Crippen LogP) is -1.93. The van der Waals surface area contributed by atoms with Crippen molar-refractivity contribution in [3.05, 3.63) is 0 Å². The predicted molar refractivity (Wildman–Crippen MR) is 40.9 cm³/mol. The van der Waals surface area contributed by atoms with Crippen molar-refractivity contribution in [3.8, 4) is 0 Å². The van der Waals surface area contributed by atoms with Crippen LogP contribution in [0.2, 0.25) is 0 Å². The molecule has 0 aliphatic heterocycles. The molecule has 0 aromatic rings. The lowest BCUT2D eigenvalue weighted by Gasteiger charge is -2.07. The van der Waals surface area contributed by atoms with Crippen LogP contribution >= 0.6 is 0 Å². The minimum Gasteiger partial charge on any atom is -0.467 e. The van der Waals surface area contributed by atoms with Gasteiger partial charge in [-0.15, -0.1) is 0 Å². The minimum absolute atomic E-state index is 0.370. The van der Waals surface area contributed by atoms with Crippen LogP contribution in [0.1, 0.15) is 0 Å². The molecule has 0 aromatic heterocycles. The number of aliphatic hydroxyl groups is 1. The molecule has 0 spiro atoms. The molecule has 1 atom stereocenters. The number of hydrogen-bond donors (Lipinski definition) is 2. The molecule has 2 N–H and O–H groups in total. The molecule has 1 unspecified atom stereocenters. The molecule has 0 aliphatic carbocycles. The summed E-state index contributed by atoms with van der Waals surface area (Å²) >= 11 is 0. The zero-order valence-electron chi connectivity index (χ0n) is 6.77. The summed E-state index contributed by atoms with van der Waals surface area (Å²) in [6.45, 7) is -0.370. The number of esters is 1. The van der Waals surface area contributed by atoms with Crippen LogP contribution < -0.4 is 4.72 Å². The molecular weight excluding hydrogens is 186 g/mol. The van der Waals surface area contributed by atoms with Gasteiger partial charge in [-0.3, -0.25) is 0 Å². The van der Waals surface area contributed by atoms with E-state index in [2.05, 4.69) is 4.74 Å². The molecule has 0 saturated heterocycles. The number of sulfonamides is 1. The van der Waals surface area contributed by atoms with Crippen molar-refractivity contribution in [1.29, 1.82) is 0 Å². The van der Waals surface area contributed by atoms with Crippen LogP contribution in [-0.2, 0) is 19.6 Å². The first-order chi connectivity index (χ1) is 5.37. The molecule has 0 saturated carbocycles. The van der Waals surface area contributed by atoms with Crippen LogP contribution in [0.4, 0.5) is 0 Å². The third-order valence-corrected chi connectivity index (χ3v) is 1.70. The van der Waals surface area contributed by atoms with E-state index in [1.54, 1.807) is 0 Å². The van der Waals surface area contributed by atoms with Crippen LogP contribution in [0.5, 0.6) is 0 Å². The average molecular weight is 197 g/mol. The highest BCUT2D eigenvalue weighted by atomic mass is 32.2. The van der Waals surface area contributed by atoms with Gasteiger partial charge >= 0.3 is 5.97 Å². The molecule has 0 amide bonds. The van der Waals surface area contributed by atoms with Crippen LogP contribution in [-0.4, -0.2) is 45.5 Å². The Bertz CT molecular complexity index is 247. The lowest BCUT2D eigenvalue weighted by Crippen LogP contribution is -2.36. The number of carbonyl (C=O) groups excluding carboxylic acids is 1. The highest BCUT2D eigenvalue weighted by Gasteiger charge is 2.16. The zero-order valence-corrected chi connectivity index (χ0v) is 7.59. The van der Waals surface area contributed by atoms with Gasteiger partial charge in [-0.25, -0.2) is 17.9 Å². The topological polar surface area (TPSA) is 92.7 Å². The molecule has 0 radical (unpaired) electrons. The summed E-state index contributed by atoms with van der Waals surface area (Å²) < 4.78 is 27.1. The van der Waals surface area contributed by atoms with Gasteiger partial charge in [-0.2, -0.15) is 0 Å². The fourth-order valence-electron chi connectivity index (χ4n) is 0.450. The SMILES string of the molecule is COC(=O)C(O)CNS(C)(=O)=O. The van der Waals surface area contributed by atoms with E-state index in [-0.39, 0.29) is 6.54 Å². The summed E-state index contributed by atoms with van der Waals surface area (Å²) in [4.78, 5) is 10.5. The Morgan fingerprint density at radius 1 is 1.67 bits per heavy atom. The fourth-order valence-corrected chi connectivity index (χ4v) is 0.910. The summed E-state index contributed by atoms with van der Waals surface area (Å²) in [6.07, 6.45) is -0.526. The maximum Gasteiger partial charge on any atom is 0.336 e. The van der Waals surface area contributed by atoms with Crippen LogP contribution in [0.25, 0.3) is 0 Å². The second-order valence-electron chi connectivity index (χ2n) is 2.16. The number of aliphatic hydroxyl groups excluding tert-OH is 1. The molecule has 0 aliphatic rings. The van der Waals surface area contributed by atoms with Crippen LogP contribution in [0.15, 0.2) is 0 Å². The van der Waals surface area contributed by atoms with Crippen LogP contribution in [0.3, 0.4) is 0 Å². The Kier molecular flexibility index (Phi) is 4.15. The molecule has 0 rings (SSSR count).